The number of likely N-dealkylation sites (tertiary alicyclic amines) is 1. The number of benzene rings is 1. The van der Waals surface area contributed by atoms with Crippen molar-refractivity contribution in [2.75, 3.05) is 39.8 Å². The molecule has 1 amide bonds. The Morgan fingerprint density at radius 3 is 2.59 bits per heavy atom. The maximum Gasteiger partial charge on any atom is 0.248 e. The first kappa shape index (κ1) is 15.5. The molecule has 2 fully saturated rings. The molecule has 0 saturated carbocycles. The maximum atomic E-state index is 11.6. The lowest BCUT2D eigenvalue weighted by atomic mass is 9.89. The first-order chi connectivity index (χ1) is 10.7. The van der Waals surface area contributed by atoms with Crippen LogP contribution >= 0.6 is 0 Å². The van der Waals surface area contributed by atoms with Gasteiger partial charge in [-0.25, -0.2) is 0 Å². The Morgan fingerprint density at radius 2 is 1.91 bits per heavy atom. The van der Waals surface area contributed by atoms with E-state index < -0.39 is 0 Å². The van der Waals surface area contributed by atoms with E-state index in [-0.39, 0.29) is 18.1 Å². The van der Waals surface area contributed by atoms with Crippen molar-refractivity contribution >= 4 is 5.91 Å². The number of morpholine rings is 1. The van der Waals surface area contributed by atoms with E-state index in [4.69, 9.17) is 4.74 Å². The van der Waals surface area contributed by atoms with Gasteiger partial charge >= 0.3 is 0 Å². The molecule has 2 aliphatic heterocycles. The summed E-state index contributed by atoms with van der Waals surface area (Å²) in [5.41, 5.74) is 1.34. The fourth-order valence-corrected chi connectivity index (χ4v) is 3.53. The molecule has 1 aromatic carbocycles. The molecule has 1 aromatic rings. The third kappa shape index (κ3) is 3.68. The number of hydrogen-bond acceptors (Lipinski definition) is 3. The van der Waals surface area contributed by atoms with Crippen LogP contribution < -0.4 is 0 Å². The van der Waals surface area contributed by atoms with Gasteiger partial charge in [-0.1, -0.05) is 30.3 Å². The molecule has 1 spiro atoms. The molecule has 0 unspecified atom stereocenters. The molecule has 0 N–H and O–H groups in total. The molecular formula is C18H26N2O2. The number of nitrogens with zero attached hydrogens (tertiary/aromatic N) is 2. The van der Waals surface area contributed by atoms with Crippen LogP contribution in [0.15, 0.2) is 30.3 Å². The fourth-order valence-electron chi connectivity index (χ4n) is 3.53. The highest BCUT2D eigenvalue weighted by atomic mass is 16.5. The van der Waals surface area contributed by atoms with Crippen LogP contribution in [-0.2, 0) is 16.0 Å². The van der Waals surface area contributed by atoms with Crippen LogP contribution in [0.4, 0.5) is 0 Å². The number of amides is 1. The standard InChI is InChI=1S/C18H26N2O2/c1-19-15-18(22-14-17(19)21)9-12-20(13-10-18)11-5-8-16-6-3-2-4-7-16/h2-4,6-7H,5,8-15H2,1H3. The predicted molar refractivity (Wildman–Crippen MR) is 86.8 cm³/mol. The van der Waals surface area contributed by atoms with Gasteiger partial charge in [-0.05, 0) is 37.8 Å². The molecule has 0 aromatic heterocycles. The topological polar surface area (TPSA) is 32.8 Å². The minimum absolute atomic E-state index is 0.0847. The second-order valence-corrected chi connectivity index (χ2v) is 6.65. The van der Waals surface area contributed by atoms with Gasteiger partial charge in [0, 0.05) is 26.7 Å². The van der Waals surface area contributed by atoms with Crippen molar-refractivity contribution in [1.82, 2.24) is 9.80 Å². The molecule has 4 heteroatoms. The van der Waals surface area contributed by atoms with Crippen molar-refractivity contribution in [3.05, 3.63) is 35.9 Å². The lowest BCUT2D eigenvalue weighted by Crippen LogP contribution is -2.57. The summed E-state index contributed by atoms with van der Waals surface area (Å²) in [6.45, 7) is 4.32. The summed E-state index contributed by atoms with van der Waals surface area (Å²) < 4.78 is 5.89. The van der Waals surface area contributed by atoms with Crippen LogP contribution in [0.2, 0.25) is 0 Å². The summed E-state index contributed by atoms with van der Waals surface area (Å²) in [7, 11) is 1.89. The highest BCUT2D eigenvalue weighted by molar-refractivity contribution is 5.78. The SMILES string of the molecule is CN1CC2(CCN(CCCc3ccccc3)CC2)OCC1=O. The molecule has 0 bridgehead atoms. The molecule has 3 rings (SSSR count). The van der Waals surface area contributed by atoms with E-state index >= 15 is 0 Å². The first-order valence-corrected chi connectivity index (χ1v) is 8.31. The zero-order valence-corrected chi connectivity index (χ0v) is 13.5. The van der Waals surface area contributed by atoms with Crippen molar-refractivity contribution in [3.8, 4) is 0 Å². The number of rotatable bonds is 4. The number of likely N-dealkylation sites (N-methyl/N-ethyl adjacent to an activating group) is 1. The average Bonchev–Trinajstić information content (AvgIpc) is 2.55. The lowest BCUT2D eigenvalue weighted by molar-refractivity contribution is -0.168. The van der Waals surface area contributed by atoms with Crippen LogP contribution in [0, 0.1) is 0 Å². The Kier molecular flexibility index (Phi) is 4.79. The van der Waals surface area contributed by atoms with Gasteiger partial charge in [0.15, 0.2) is 0 Å². The van der Waals surface area contributed by atoms with Crippen molar-refractivity contribution in [2.24, 2.45) is 0 Å². The minimum Gasteiger partial charge on any atom is -0.363 e. The third-order valence-corrected chi connectivity index (χ3v) is 5.00. The van der Waals surface area contributed by atoms with Gasteiger partial charge in [0.2, 0.25) is 5.91 Å². The smallest absolute Gasteiger partial charge is 0.248 e. The molecule has 0 aliphatic carbocycles. The minimum atomic E-state index is -0.0847. The zero-order chi connectivity index (χ0) is 15.4. The summed E-state index contributed by atoms with van der Waals surface area (Å²) in [5.74, 6) is 0.107. The average molecular weight is 302 g/mol. The fraction of sp³-hybridized carbons (Fsp3) is 0.611. The Bertz CT molecular complexity index is 495. The van der Waals surface area contributed by atoms with E-state index in [1.807, 2.05) is 11.9 Å². The van der Waals surface area contributed by atoms with Gasteiger partial charge in [0.25, 0.3) is 0 Å². The Balaban J connectivity index is 1.41. The summed E-state index contributed by atoms with van der Waals surface area (Å²) in [4.78, 5) is 15.9. The Hall–Kier alpha value is -1.39. The summed E-state index contributed by atoms with van der Waals surface area (Å²) in [6, 6.07) is 10.7. The Labute approximate surface area is 133 Å². The summed E-state index contributed by atoms with van der Waals surface area (Å²) in [6.07, 6.45) is 4.43. The van der Waals surface area contributed by atoms with Gasteiger partial charge < -0.3 is 14.5 Å². The van der Waals surface area contributed by atoms with E-state index in [1.165, 1.54) is 12.0 Å². The number of piperidine rings is 1. The maximum absolute atomic E-state index is 11.6. The highest BCUT2D eigenvalue weighted by Crippen LogP contribution is 2.30. The molecular weight excluding hydrogens is 276 g/mol. The third-order valence-electron chi connectivity index (χ3n) is 5.00. The van der Waals surface area contributed by atoms with Gasteiger partial charge in [-0.15, -0.1) is 0 Å². The van der Waals surface area contributed by atoms with Crippen molar-refractivity contribution < 1.29 is 9.53 Å². The van der Waals surface area contributed by atoms with Gasteiger partial charge in [-0.3, -0.25) is 4.79 Å². The van der Waals surface area contributed by atoms with Crippen LogP contribution in [0.5, 0.6) is 0 Å². The van der Waals surface area contributed by atoms with Gasteiger partial charge in [0.05, 0.1) is 5.60 Å². The number of ether oxygens (including phenoxy) is 1. The lowest BCUT2D eigenvalue weighted by Gasteiger charge is -2.46. The normalized spacial score (nSPS) is 22.2. The number of hydrogen-bond donors (Lipinski definition) is 0. The monoisotopic (exact) mass is 302 g/mol. The first-order valence-electron chi connectivity index (χ1n) is 8.31. The van der Waals surface area contributed by atoms with Crippen LogP contribution in [0.3, 0.4) is 0 Å². The molecule has 0 atom stereocenters. The quantitative estimate of drug-likeness (QED) is 0.852. The predicted octanol–water partition coefficient (Wildman–Crippen LogP) is 1.94. The van der Waals surface area contributed by atoms with E-state index in [2.05, 4.69) is 35.2 Å². The van der Waals surface area contributed by atoms with Crippen LogP contribution in [0.25, 0.3) is 0 Å². The molecule has 2 heterocycles. The number of carbonyl (C=O) groups is 1. The second-order valence-electron chi connectivity index (χ2n) is 6.65. The van der Waals surface area contributed by atoms with Crippen LogP contribution in [-0.4, -0.2) is 61.1 Å². The highest BCUT2D eigenvalue weighted by Gasteiger charge is 2.40. The van der Waals surface area contributed by atoms with E-state index in [1.54, 1.807) is 0 Å². The summed E-state index contributed by atoms with van der Waals surface area (Å²) in [5, 5.41) is 0. The largest absolute Gasteiger partial charge is 0.363 e. The Morgan fingerprint density at radius 1 is 1.18 bits per heavy atom. The molecule has 22 heavy (non-hydrogen) atoms. The van der Waals surface area contributed by atoms with E-state index in [0.717, 1.165) is 45.4 Å². The van der Waals surface area contributed by atoms with Crippen molar-refractivity contribution in [2.45, 2.75) is 31.3 Å². The number of aryl methyl sites for hydroxylation is 1. The van der Waals surface area contributed by atoms with Crippen molar-refractivity contribution in [3.63, 3.8) is 0 Å². The molecule has 4 nitrogen and oxygen atoms in total. The van der Waals surface area contributed by atoms with Crippen molar-refractivity contribution in [1.29, 1.82) is 0 Å². The van der Waals surface area contributed by atoms with Crippen LogP contribution in [0.1, 0.15) is 24.8 Å². The summed E-state index contributed by atoms with van der Waals surface area (Å²) >= 11 is 0. The molecule has 2 aliphatic rings. The van der Waals surface area contributed by atoms with Gasteiger partial charge in [0.1, 0.15) is 6.61 Å². The molecule has 2 saturated heterocycles. The van der Waals surface area contributed by atoms with Gasteiger partial charge in [-0.2, -0.15) is 0 Å². The second kappa shape index (κ2) is 6.80. The number of carbonyl (C=O) groups excluding carboxylic acids is 1. The van der Waals surface area contributed by atoms with E-state index in [0.29, 0.717) is 0 Å². The molecule has 0 radical (unpaired) electrons. The van der Waals surface area contributed by atoms with E-state index in [9.17, 15) is 4.79 Å². The zero-order valence-electron chi connectivity index (χ0n) is 13.5. The molecule has 120 valence electrons.